The van der Waals surface area contributed by atoms with Gasteiger partial charge in [-0.3, -0.25) is 9.63 Å². The zero-order valence-corrected chi connectivity index (χ0v) is 18.5. The fourth-order valence-electron chi connectivity index (χ4n) is 2.91. The first-order valence-electron chi connectivity index (χ1n) is 8.53. The Kier molecular flexibility index (Phi) is 6.71. The van der Waals surface area contributed by atoms with Gasteiger partial charge in [0.05, 0.1) is 23.2 Å². The van der Waals surface area contributed by atoms with Crippen LogP contribution in [0, 0.1) is 13.8 Å². The Hall–Kier alpha value is -2.43. The van der Waals surface area contributed by atoms with E-state index in [0.29, 0.717) is 12.1 Å². The molecule has 0 aliphatic rings. The second-order valence-corrected chi connectivity index (χ2v) is 8.67. The van der Waals surface area contributed by atoms with Crippen LogP contribution in [0.2, 0.25) is 5.02 Å². The van der Waals surface area contributed by atoms with E-state index in [1.54, 1.807) is 13.8 Å². The van der Waals surface area contributed by atoms with Crippen LogP contribution in [0.25, 0.3) is 0 Å². The van der Waals surface area contributed by atoms with Crippen molar-refractivity contribution < 1.29 is 27.6 Å². The molecule has 0 N–H and O–H groups in total. The van der Waals surface area contributed by atoms with Gasteiger partial charge in [0.15, 0.2) is 9.84 Å². The molecule has 2 aromatic rings. The Bertz CT molecular complexity index is 1080. The number of ketones is 1. The van der Waals surface area contributed by atoms with E-state index in [-0.39, 0.29) is 32.5 Å². The molecule has 0 saturated carbocycles. The van der Waals surface area contributed by atoms with E-state index in [1.807, 2.05) is 0 Å². The highest BCUT2D eigenvalue weighted by molar-refractivity contribution is 7.90. The maximum atomic E-state index is 13.2. The van der Waals surface area contributed by atoms with Crippen LogP contribution in [-0.2, 0) is 21.2 Å². The first-order valence-corrected chi connectivity index (χ1v) is 10.8. The minimum atomic E-state index is -3.53. The molecule has 0 saturated heterocycles. The monoisotopic (exact) mass is 443 g/mol. The molecular weight excluding hydrogens is 422 g/mol. The number of rotatable bonds is 6. The van der Waals surface area contributed by atoms with Crippen molar-refractivity contribution in [3.63, 3.8) is 0 Å². The van der Waals surface area contributed by atoms with Crippen LogP contribution in [0.1, 0.15) is 34.0 Å². The molecule has 0 aliphatic heterocycles. The Morgan fingerprint density at radius 3 is 2.41 bits per heavy atom. The summed E-state index contributed by atoms with van der Waals surface area (Å²) in [5, 5.41) is 4.93. The normalized spacial score (nSPS) is 11.4. The third-order valence-corrected chi connectivity index (χ3v) is 6.15. The number of carbonyl (C=O) groups excluding carboxylic acids is 2. The number of halogens is 1. The summed E-state index contributed by atoms with van der Waals surface area (Å²) in [6.45, 7) is 5.22. The predicted octanol–water partition coefficient (Wildman–Crippen LogP) is 2.80. The van der Waals surface area contributed by atoms with Crippen molar-refractivity contribution >= 4 is 33.3 Å². The molecule has 2 rings (SSSR count). The van der Waals surface area contributed by atoms with Gasteiger partial charge in [-0.1, -0.05) is 11.6 Å². The largest absolute Gasteiger partial charge is 0.440 e. The van der Waals surface area contributed by atoms with Gasteiger partial charge in [-0.25, -0.2) is 17.9 Å². The lowest BCUT2D eigenvalue weighted by Gasteiger charge is -2.16. The molecule has 0 spiro atoms. The number of benzene rings is 1. The smallest absolute Gasteiger partial charge is 0.389 e. The lowest BCUT2D eigenvalue weighted by Crippen LogP contribution is -2.29. The molecule has 1 aromatic heterocycles. The van der Waals surface area contributed by atoms with Gasteiger partial charge in [0.2, 0.25) is 11.7 Å². The van der Waals surface area contributed by atoms with E-state index in [4.69, 9.17) is 21.2 Å². The molecule has 0 atom stereocenters. The van der Waals surface area contributed by atoms with Crippen molar-refractivity contribution in [1.82, 2.24) is 14.8 Å². The number of ether oxygens (including phenoxy) is 1. The molecule has 1 aromatic carbocycles. The van der Waals surface area contributed by atoms with Crippen molar-refractivity contribution in [3.8, 4) is 5.88 Å². The molecular formula is C18H22ClN3O6S. The second kappa shape index (κ2) is 8.52. The topological polar surface area (TPSA) is 108 Å². The Morgan fingerprint density at radius 1 is 1.28 bits per heavy atom. The molecule has 158 valence electrons. The number of sulfone groups is 1. The first kappa shape index (κ1) is 22.9. The van der Waals surface area contributed by atoms with E-state index in [2.05, 4.69) is 5.10 Å². The maximum absolute atomic E-state index is 13.2. The highest BCUT2D eigenvalue weighted by Crippen LogP contribution is 2.33. The zero-order chi connectivity index (χ0) is 22.1. The van der Waals surface area contributed by atoms with Crippen LogP contribution in [0.15, 0.2) is 17.2 Å². The summed E-state index contributed by atoms with van der Waals surface area (Å²) in [5.41, 5.74) is 0.760. The molecule has 0 aliphatic carbocycles. The van der Waals surface area contributed by atoms with E-state index in [9.17, 15) is 18.0 Å². The fourth-order valence-corrected chi connectivity index (χ4v) is 4.50. The third-order valence-electron chi connectivity index (χ3n) is 4.29. The van der Waals surface area contributed by atoms with Crippen LogP contribution in [0.5, 0.6) is 5.88 Å². The summed E-state index contributed by atoms with van der Waals surface area (Å²) in [6.07, 6.45) is 1.50. The number of carbonyl (C=O) groups is 2. The number of nitrogens with zero attached hydrogens (tertiary/aromatic N) is 3. The number of hydrogen-bond acceptors (Lipinski definition) is 7. The molecule has 1 heterocycles. The molecule has 1 amide bonds. The lowest BCUT2D eigenvalue weighted by atomic mass is 10.0. The average Bonchev–Trinajstić information content (AvgIpc) is 3.04. The quantitative estimate of drug-likeness (QED) is 0.498. The van der Waals surface area contributed by atoms with Crippen LogP contribution in [0.3, 0.4) is 0 Å². The van der Waals surface area contributed by atoms with Gasteiger partial charge in [-0.15, -0.1) is 0 Å². The summed E-state index contributed by atoms with van der Waals surface area (Å²) in [7, 11) is -0.889. The van der Waals surface area contributed by atoms with Crippen LogP contribution in [0.4, 0.5) is 4.79 Å². The summed E-state index contributed by atoms with van der Waals surface area (Å²) in [4.78, 5) is 30.1. The summed E-state index contributed by atoms with van der Waals surface area (Å²) in [6, 6.07) is 1.41. The van der Waals surface area contributed by atoms with Crippen LogP contribution in [-0.4, -0.2) is 55.6 Å². The van der Waals surface area contributed by atoms with Crippen molar-refractivity contribution in [3.05, 3.63) is 39.5 Å². The van der Waals surface area contributed by atoms with Gasteiger partial charge in [-0.05, 0) is 38.0 Å². The molecule has 0 radical (unpaired) electrons. The Morgan fingerprint density at radius 2 is 1.90 bits per heavy atom. The number of hydroxylamine groups is 2. The zero-order valence-electron chi connectivity index (χ0n) is 16.9. The van der Waals surface area contributed by atoms with Crippen LogP contribution >= 0.6 is 11.6 Å². The predicted molar refractivity (Wildman–Crippen MR) is 106 cm³/mol. The first-order chi connectivity index (χ1) is 13.4. The highest BCUT2D eigenvalue weighted by atomic mass is 35.5. The molecule has 0 fully saturated rings. The molecule has 0 unspecified atom stereocenters. The number of amides is 1. The minimum Gasteiger partial charge on any atom is -0.389 e. The van der Waals surface area contributed by atoms with Crippen LogP contribution < -0.4 is 4.74 Å². The van der Waals surface area contributed by atoms with Gasteiger partial charge in [0, 0.05) is 25.4 Å². The van der Waals surface area contributed by atoms with Crippen molar-refractivity contribution in [2.45, 2.75) is 32.2 Å². The fraction of sp³-hybridized carbons (Fsp3) is 0.389. The molecule has 11 heteroatoms. The minimum absolute atomic E-state index is 0.0107. The van der Waals surface area contributed by atoms with E-state index in [0.717, 1.165) is 11.3 Å². The van der Waals surface area contributed by atoms with Crippen molar-refractivity contribution in [2.75, 3.05) is 20.4 Å². The number of aryl methyl sites for hydroxylation is 2. The van der Waals surface area contributed by atoms with Crippen molar-refractivity contribution in [2.24, 2.45) is 0 Å². The van der Waals surface area contributed by atoms with Crippen molar-refractivity contribution in [1.29, 1.82) is 0 Å². The van der Waals surface area contributed by atoms with E-state index in [1.165, 1.54) is 38.0 Å². The van der Waals surface area contributed by atoms with Gasteiger partial charge in [0.1, 0.15) is 5.56 Å². The molecule has 9 nitrogen and oxygen atoms in total. The van der Waals surface area contributed by atoms with Gasteiger partial charge < -0.3 is 4.74 Å². The standard InChI is InChI=1S/C18H22ClN3O6S/c1-7-22-17(28-18(24)21(4)27-5)13(9-20-22)15(23)12-8-10(2)16(29(6,25)26)11(3)14(12)19/h8-9H,7H2,1-6H3. The Labute approximate surface area is 174 Å². The summed E-state index contributed by atoms with van der Waals surface area (Å²) in [5.74, 6) is -0.617. The molecule has 0 bridgehead atoms. The third kappa shape index (κ3) is 4.44. The van der Waals surface area contributed by atoms with Gasteiger partial charge >= 0.3 is 6.09 Å². The maximum Gasteiger partial charge on any atom is 0.440 e. The summed E-state index contributed by atoms with van der Waals surface area (Å²) >= 11 is 6.34. The molecule has 29 heavy (non-hydrogen) atoms. The van der Waals surface area contributed by atoms with Gasteiger partial charge in [-0.2, -0.15) is 10.2 Å². The van der Waals surface area contributed by atoms with E-state index >= 15 is 0 Å². The SMILES string of the molecule is CCn1ncc(C(=O)c2cc(C)c(S(C)(=O)=O)c(C)c2Cl)c1OC(=O)N(C)OC. The van der Waals surface area contributed by atoms with Gasteiger partial charge in [0.25, 0.3) is 0 Å². The highest BCUT2D eigenvalue weighted by Gasteiger charge is 2.28. The lowest BCUT2D eigenvalue weighted by molar-refractivity contribution is -0.0797. The number of aromatic nitrogens is 2. The summed E-state index contributed by atoms with van der Waals surface area (Å²) < 4.78 is 30.7. The van der Waals surface area contributed by atoms with E-state index < -0.39 is 21.7 Å². The average molecular weight is 444 g/mol. The Balaban J connectivity index is 2.59. The number of hydrogen-bond donors (Lipinski definition) is 0. The second-order valence-electron chi connectivity index (χ2n) is 6.34.